The molecule has 0 aliphatic heterocycles. The normalized spacial score (nSPS) is 12.2. The van der Waals surface area contributed by atoms with Crippen LogP contribution in [0.25, 0.3) is 0 Å². The molecule has 1 N–H and O–H groups in total. The van der Waals surface area contributed by atoms with Crippen molar-refractivity contribution in [1.82, 2.24) is 0 Å². The smallest absolute Gasteiger partial charge is 0.133 e. The van der Waals surface area contributed by atoms with Gasteiger partial charge in [-0.3, -0.25) is 0 Å². The second-order valence-electron chi connectivity index (χ2n) is 4.50. The molecule has 2 aromatic carbocycles. The van der Waals surface area contributed by atoms with Crippen LogP contribution in [0.3, 0.4) is 0 Å². The van der Waals surface area contributed by atoms with Gasteiger partial charge in [0.1, 0.15) is 11.9 Å². The summed E-state index contributed by atoms with van der Waals surface area (Å²) in [5.41, 5.74) is 1.69. The topological polar surface area (TPSA) is 29.5 Å². The van der Waals surface area contributed by atoms with Gasteiger partial charge in [-0.05, 0) is 57.7 Å². The maximum Gasteiger partial charge on any atom is 0.133 e. The molecule has 0 saturated heterocycles. The minimum Gasteiger partial charge on any atom is -0.492 e. The fraction of sp³-hybridized carbons (Fsp3) is 0.250. The third-order valence-corrected chi connectivity index (χ3v) is 4.01. The van der Waals surface area contributed by atoms with E-state index in [2.05, 4.69) is 38.8 Å². The van der Waals surface area contributed by atoms with Gasteiger partial charge >= 0.3 is 0 Å². The summed E-state index contributed by atoms with van der Waals surface area (Å²) < 4.78 is 7.42. The van der Waals surface area contributed by atoms with E-state index in [4.69, 9.17) is 4.74 Å². The predicted octanol–water partition coefficient (Wildman–Crippen LogP) is 5.08. The molecule has 2 rings (SSSR count). The van der Waals surface area contributed by atoms with Crippen LogP contribution in [0.4, 0.5) is 0 Å². The third kappa shape index (κ3) is 3.84. The van der Waals surface area contributed by atoms with Crippen LogP contribution in [-0.2, 0) is 0 Å². The highest BCUT2D eigenvalue weighted by Crippen LogP contribution is 2.31. The molecule has 2 nitrogen and oxygen atoms in total. The van der Waals surface area contributed by atoms with Gasteiger partial charge in [0.05, 0.1) is 11.1 Å². The van der Waals surface area contributed by atoms with Gasteiger partial charge in [0.15, 0.2) is 0 Å². The first-order valence-electron chi connectivity index (χ1n) is 6.47. The molecule has 1 unspecified atom stereocenters. The molecule has 2 aromatic rings. The Morgan fingerprint density at radius 1 is 1.10 bits per heavy atom. The Labute approximate surface area is 136 Å². The zero-order valence-corrected chi connectivity index (χ0v) is 14.3. The SMILES string of the molecule is CCCOc1ccc(C(O)c2cccc(Br)c2)cc1Br. The van der Waals surface area contributed by atoms with Gasteiger partial charge in [0, 0.05) is 4.47 Å². The van der Waals surface area contributed by atoms with E-state index in [1.54, 1.807) is 0 Å². The van der Waals surface area contributed by atoms with Crippen LogP contribution in [0.15, 0.2) is 51.4 Å². The van der Waals surface area contributed by atoms with Gasteiger partial charge < -0.3 is 9.84 Å². The average molecular weight is 400 g/mol. The van der Waals surface area contributed by atoms with Gasteiger partial charge in [-0.15, -0.1) is 0 Å². The highest BCUT2D eigenvalue weighted by Gasteiger charge is 2.12. The molecule has 0 aliphatic carbocycles. The Morgan fingerprint density at radius 3 is 2.50 bits per heavy atom. The molecule has 0 aromatic heterocycles. The molecule has 0 amide bonds. The Bertz CT molecular complexity index is 584. The van der Waals surface area contributed by atoms with E-state index < -0.39 is 6.10 Å². The first kappa shape index (κ1) is 15.5. The fourth-order valence-electron chi connectivity index (χ4n) is 1.89. The number of hydrogen-bond acceptors (Lipinski definition) is 2. The Morgan fingerprint density at radius 2 is 1.85 bits per heavy atom. The van der Waals surface area contributed by atoms with E-state index in [0.717, 1.165) is 32.2 Å². The number of halogens is 2. The molecular weight excluding hydrogens is 384 g/mol. The number of rotatable bonds is 5. The Hall–Kier alpha value is -0.840. The number of benzene rings is 2. The molecule has 4 heteroatoms. The van der Waals surface area contributed by atoms with Crippen molar-refractivity contribution in [2.75, 3.05) is 6.61 Å². The van der Waals surface area contributed by atoms with Gasteiger partial charge in [-0.1, -0.05) is 41.1 Å². The van der Waals surface area contributed by atoms with Gasteiger partial charge in [-0.25, -0.2) is 0 Å². The van der Waals surface area contributed by atoms with Gasteiger partial charge in [-0.2, -0.15) is 0 Å². The first-order chi connectivity index (χ1) is 9.61. The van der Waals surface area contributed by atoms with Crippen molar-refractivity contribution >= 4 is 31.9 Å². The Kier molecular flexibility index (Phi) is 5.64. The minimum atomic E-state index is -0.649. The largest absolute Gasteiger partial charge is 0.492 e. The molecule has 0 saturated carbocycles. The van der Waals surface area contributed by atoms with Gasteiger partial charge in [0.2, 0.25) is 0 Å². The molecular formula is C16H16Br2O2. The first-order valence-corrected chi connectivity index (χ1v) is 8.06. The number of ether oxygens (including phenoxy) is 1. The molecule has 0 radical (unpaired) electrons. The molecule has 106 valence electrons. The number of aliphatic hydroxyl groups excluding tert-OH is 1. The number of aliphatic hydroxyl groups is 1. The van der Waals surface area contributed by atoms with Crippen molar-refractivity contribution in [3.8, 4) is 5.75 Å². The summed E-state index contributed by atoms with van der Waals surface area (Å²) in [4.78, 5) is 0. The lowest BCUT2D eigenvalue weighted by atomic mass is 10.0. The summed E-state index contributed by atoms with van der Waals surface area (Å²) in [5, 5.41) is 10.4. The van der Waals surface area contributed by atoms with Crippen LogP contribution in [0.2, 0.25) is 0 Å². The van der Waals surface area contributed by atoms with Crippen molar-refractivity contribution in [2.24, 2.45) is 0 Å². The van der Waals surface area contributed by atoms with Crippen LogP contribution in [0.5, 0.6) is 5.75 Å². The quantitative estimate of drug-likeness (QED) is 0.759. The van der Waals surface area contributed by atoms with E-state index in [1.807, 2.05) is 42.5 Å². The minimum absolute atomic E-state index is 0.649. The summed E-state index contributed by atoms with van der Waals surface area (Å²) in [6.07, 6.45) is 0.318. The fourth-order valence-corrected chi connectivity index (χ4v) is 2.81. The maximum atomic E-state index is 10.4. The lowest BCUT2D eigenvalue weighted by Crippen LogP contribution is -2.01. The summed E-state index contributed by atoms with van der Waals surface area (Å²) in [6, 6.07) is 13.4. The molecule has 0 fully saturated rings. The van der Waals surface area contributed by atoms with Crippen LogP contribution >= 0.6 is 31.9 Å². The van der Waals surface area contributed by atoms with E-state index in [9.17, 15) is 5.11 Å². The monoisotopic (exact) mass is 398 g/mol. The van der Waals surface area contributed by atoms with Crippen molar-refractivity contribution in [3.05, 3.63) is 62.5 Å². The molecule has 0 spiro atoms. The van der Waals surface area contributed by atoms with E-state index in [0.29, 0.717) is 6.61 Å². The molecule has 20 heavy (non-hydrogen) atoms. The van der Waals surface area contributed by atoms with Crippen LogP contribution < -0.4 is 4.74 Å². The predicted molar refractivity (Wildman–Crippen MR) is 88.1 cm³/mol. The number of hydrogen-bond donors (Lipinski definition) is 1. The van der Waals surface area contributed by atoms with Crippen molar-refractivity contribution < 1.29 is 9.84 Å². The summed E-state index contributed by atoms with van der Waals surface area (Å²) in [7, 11) is 0. The lowest BCUT2D eigenvalue weighted by molar-refractivity contribution is 0.220. The van der Waals surface area contributed by atoms with Crippen molar-refractivity contribution in [3.63, 3.8) is 0 Å². The zero-order valence-electron chi connectivity index (χ0n) is 11.1. The van der Waals surface area contributed by atoms with Crippen molar-refractivity contribution in [2.45, 2.75) is 19.4 Å². The maximum absolute atomic E-state index is 10.4. The van der Waals surface area contributed by atoms with Crippen LogP contribution in [-0.4, -0.2) is 11.7 Å². The lowest BCUT2D eigenvalue weighted by Gasteiger charge is -2.14. The van der Waals surface area contributed by atoms with E-state index in [1.165, 1.54) is 0 Å². The highest BCUT2D eigenvalue weighted by molar-refractivity contribution is 9.10. The summed E-state index contributed by atoms with van der Waals surface area (Å²) in [5.74, 6) is 0.803. The second-order valence-corrected chi connectivity index (χ2v) is 6.27. The average Bonchev–Trinajstić information content (AvgIpc) is 2.45. The van der Waals surface area contributed by atoms with E-state index in [-0.39, 0.29) is 0 Å². The highest BCUT2D eigenvalue weighted by atomic mass is 79.9. The zero-order chi connectivity index (χ0) is 14.5. The molecule has 1 atom stereocenters. The van der Waals surface area contributed by atoms with Crippen LogP contribution in [0, 0.1) is 0 Å². The standard InChI is InChI=1S/C16H16Br2O2/c1-2-8-20-15-7-6-12(10-14(15)18)16(19)11-4-3-5-13(17)9-11/h3-7,9-10,16,19H,2,8H2,1H3. The summed E-state index contributed by atoms with van der Waals surface area (Å²) in [6.45, 7) is 2.76. The van der Waals surface area contributed by atoms with Gasteiger partial charge in [0.25, 0.3) is 0 Å². The third-order valence-electron chi connectivity index (χ3n) is 2.90. The molecule has 0 bridgehead atoms. The molecule has 0 heterocycles. The Balaban J connectivity index is 2.22. The second kappa shape index (κ2) is 7.25. The van der Waals surface area contributed by atoms with Crippen LogP contribution in [0.1, 0.15) is 30.6 Å². The van der Waals surface area contributed by atoms with E-state index >= 15 is 0 Å². The van der Waals surface area contributed by atoms with Crippen molar-refractivity contribution in [1.29, 1.82) is 0 Å². The summed E-state index contributed by atoms with van der Waals surface area (Å²) >= 11 is 6.90. The molecule has 0 aliphatic rings.